The Labute approximate surface area is 122 Å². The summed E-state index contributed by atoms with van der Waals surface area (Å²) >= 11 is 0. The number of hydrogen-bond donors (Lipinski definition) is 2. The van der Waals surface area contributed by atoms with Crippen molar-refractivity contribution in [1.29, 1.82) is 0 Å². The molecule has 1 heterocycles. The predicted octanol–water partition coefficient (Wildman–Crippen LogP) is 0.967. The molecule has 2 N–H and O–H groups in total. The lowest BCUT2D eigenvalue weighted by Crippen LogP contribution is -2.46. The molecule has 0 radical (unpaired) electrons. The highest BCUT2D eigenvalue weighted by Crippen LogP contribution is 2.06. The molecular formula is C14H20N2O5. The summed E-state index contributed by atoms with van der Waals surface area (Å²) in [5, 5.41) is 11.5. The van der Waals surface area contributed by atoms with Crippen LogP contribution in [0.5, 0.6) is 0 Å². The van der Waals surface area contributed by atoms with Crippen molar-refractivity contribution in [2.45, 2.75) is 26.3 Å². The number of nitrogens with zero attached hydrogens (tertiary/aromatic N) is 1. The van der Waals surface area contributed by atoms with Crippen molar-refractivity contribution in [3.63, 3.8) is 0 Å². The standard InChI is InChI=1S/C14H20N2O5/c1-9(2)7-10(14(19)20)15-12(17)8-16(3)13(18)11-5-4-6-21-11/h4-6,9-10H,7-8H2,1-3H3,(H,15,17)(H,19,20). The summed E-state index contributed by atoms with van der Waals surface area (Å²) in [5.41, 5.74) is 0. The van der Waals surface area contributed by atoms with Crippen molar-refractivity contribution in [1.82, 2.24) is 10.2 Å². The molecule has 0 saturated carbocycles. The van der Waals surface area contributed by atoms with Crippen molar-refractivity contribution in [3.05, 3.63) is 24.2 Å². The molecule has 0 fully saturated rings. The zero-order valence-electron chi connectivity index (χ0n) is 12.3. The molecule has 0 spiro atoms. The zero-order chi connectivity index (χ0) is 16.0. The van der Waals surface area contributed by atoms with E-state index in [1.807, 2.05) is 13.8 Å². The van der Waals surface area contributed by atoms with Crippen LogP contribution in [0.1, 0.15) is 30.8 Å². The van der Waals surface area contributed by atoms with E-state index in [2.05, 4.69) is 5.32 Å². The summed E-state index contributed by atoms with van der Waals surface area (Å²) in [7, 11) is 1.45. The minimum atomic E-state index is -1.09. The van der Waals surface area contributed by atoms with E-state index in [9.17, 15) is 14.4 Å². The molecular weight excluding hydrogens is 276 g/mol. The van der Waals surface area contributed by atoms with Gasteiger partial charge in [-0.15, -0.1) is 0 Å². The number of nitrogens with one attached hydrogen (secondary N) is 1. The highest BCUT2D eigenvalue weighted by molar-refractivity contribution is 5.94. The first-order chi connectivity index (χ1) is 9.81. The monoisotopic (exact) mass is 296 g/mol. The largest absolute Gasteiger partial charge is 0.480 e. The lowest BCUT2D eigenvalue weighted by Gasteiger charge is -2.19. The first-order valence-corrected chi connectivity index (χ1v) is 6.62. The topological polar surface area (TPSA) is 99.9 Å². The van der Waals surface area contributed by atoms with Gasteiger partial charge in [-0.2, -0.15) is 0 Å². The summed E-state index contributed by atoms with van der Waals surface area (Å²) in [6.45, 7) is 3.50. The number of carbonyl (C=O) groups excluding carboxylic acids is 2. The van der Waals surface area contributed by atoms with Crippen LogP contribution >= 0.6 is 0 Å². The maximum atomic E-state index is 11.9. The average Bonchev–Trinajstić information content (AvgIpc) is 2.89. The molecule has 1 unspecified atom stereocenters. The normalized spacial score (nSPS) is 12.0. The van der Waals surface area contributed by atoms with Crippen LogP contribution in [0.4, 0.5) is 0 Å². The molecule has 1 rings (SSSR count). The Kier molecular flexibility index (Phi) is 5.95. The van der Waals surface area contributed by atoms with Gasteiger partial charge in [-0.3, -0.25) is 9.59 Å². The summed E-state index contributed by atoms with van der Waals surface area (Å²) in [4.78, 5) is 35.9. The van der Waals surface area contributed by atoms with Crippen LogP contribution in [0.2, 0.25) is 0 Å². The highest BCUT2D eigenvalue weighted by atomic mass is 16.4. The third kappa shape index (κ3) is 5.29. The van der Waals surface area contributed by atoms with Gasteiger partial charge in [0.25, 0.3) is 5.91 Å². The molecule has 116 valence electrons. The second-order valence-corrected chi connectivity index (χ2v) is 5.23. The fourth-order valence-electron chi connectivity index (χ4n) is 1.81. The van der Waals surface area contributed by atoms with E-state index < -0.39 is 23.8 Å². The van der Waals surface area contributed by atoms with Crippen LogP contribution in [0, 0.1) is 5.92 Å². The second kappa shape index (κ2) is 7.47. The summed E-state index contributed by atoms with van der Waals surface area (Å²) in [5.74, 6) is -1.79. The van der Waals surface area contributed by atoms with E-state index in [1.165, 1.54) is 24.3 Å². The van der Waals surface area contributed by atoms with E-state index in [1.54, 1.807) is 6.07 Å². The van der Waals surface area contributed by atoms with Gasteiger partial charge in [-0.25, -0.2) is 4.79 Å². The maximum absolute atomic E-state index is 11.9. The summed E-state index contributed by atoms with van der Waals surface area (Å²) in [6, 6.07) is 2.12. The summed E-state index contributed by atoms with van der Waals surface area (Å²) in [6.07, 6.45) is 1.70. The van der Waals surface area contributed by atoms with Gasteiger partial charge in [0.2, 0.25) is 5.91 Å². The zero-order valence-corrected chi connectivity index (χ0v) is 12.3. The van der Waals surface area contributed by atoms with E-state index in [0.29, 0.717) is 6.42 Å². The number of furan rings is 1. The van der Waals surface area contributed by atoms with E-state index in [0.717, 1.165) is 0 Å². The van der Waals surface area contributed by atoms with Gasteiger partial charge in [0.15, 0.2) is 5.76 Å². The lowest BCUT2D eigenvalue weighted by molar-refractivity contribution is -0.142. The van der Waals surface area contributed by atoms with Gasteiger partial charge < -0.3 is 19.7 Å². The Balaban J connectivity index is 2.55. The molecule has 0 bridgehead atoms. The fourth-order valence-corrected chi connectivity index (χ4v) is 1.81. The summed E-state index contributed by atoms with van der Waals surface area (Å²) < 4.78 is 4.95. The highest BCUT2D eigenvalue weighted by Gasteiger charge is 2.23. The molecule has 0 aliphatic heterocycles. The second-order valence-electron chi connectivity index (χ2n) is 5.23. The van der Waals surface area contributed by atoms with Crippen LogP contribution in [0.25, 0.3) is 0 Å². The van der Waals surface area contributed by atoms with Crippen LogP contribution < -0.4 is 5.32 Å². The maximum Gasteiger partial charge on any atom is 0.326 e. The molecule has 0 saturated heterocycles. The number of hydrogen-bond acceptors (Lipinski definition) is 4. The first kappa shape index (κ1) is 16.7. The number of carboxylic acids is 1. The lowest BCUT2D eigenvalue weighted by atomic mass is 10.0. The Morgan fingerprint density at radius 3 is 2.52 bits per heavy atom. The quantitative estimate of drug-likeness (QED) is 0.781. The van der Waals surface area contributed by atoms with Crippen molar-refractivity contribution in [3.8, 4) is 0 Å². The van der Waals surface area contributed by atoms with Crippen molar-refractivity contribution < 1.29 is 23.9 Å². The molecule has 0 aromatic carbocycles. The molecule has 7 nitrogen and oxygen atoms in total. The molecule has 7 heteroatoms. The Bertz CT molecular complexity index is 495. The van der Waals surface area contributed by atoms with Gasteiger partial charge in [0.1, 0.15) is 6.04 Å². The third-order valence-electron chi connectivity index (χ3n) is 2.80. The smallest absolute Gasteiger partial charge is 0.326 e. The van der Waals surface area contributed by atoms with Crippen LogP contribution in [0.15, 0.2) is 22.8 Å². The van der Waals surface area contributed by atoms with Gasteiger partial charge in [-0.05, 0) is 24.5 Å². The predicted molar refractivity (Wildman–Crippen MR) is 74.7 cm³/mol. The molecule has 2 amide bonds. The average molecular weight is 296 g/mol. The van der Waals surface area contributed by atoms with E-state index in [-0.39, 0.29) is 18.2 Å². The number of amides is 2. The van der Waals surface area contributed by atoms with Gasteiger partial charge in [-0.1, -0.05) is 13.8 Å². The van der Waals surface area contributed by atoms with Gasteiger partial charge in [0.05, 0.1) is 12.8 Å². The molecule has 1 atom stereocenters. The minimum Gasteiger partial charge on any atom is -0.480 e. The Morgan fingerprint density at radius 1 is 1.38 bits per heavy atom. The fraction of sp³-hybridized carbons (Fsp3) is 0.500. The number of carbonyl (C=O) groups is 3. The molecule has 1 aromatic heterocycles. The number of carboxylic acid groups (broad SMARTS) is 1. The van der Waals surface area contributed by atoms with Crippen LogP contribution in [-0.2, 0) is 9.59 Å². The number of aliphatic carboxylic acids is 1. The van der Waals surface area contributed by atoms with Gasteiger partial charge >= 0.3 is 5.97 Å². The minimum absolute atomic E-state index is 0.127. The van der Waals surface area contributed by atoms with Crippen molar-refractivity contribution in [2.75, 3.05) is 13.6 Å². The molecule has 0 aliphatic carbocycles. The Morgan fingerprint density at radius 2 is 2.05 bits per heavy atom. The van der Waals surface area contributed by atoms with Crippen molar-refractivity contribution in [2.24, 2.45) is 5.92 Å². The Hall–Kier alpha value is -2.31. The van der Waals surface area contributed by atoms with Crippen molar-refractivity contribution >= 4 is 17.8 Å². The van der Waals surface area contributed by atoms with E-state index >= 15 is 0 Å². The van der Waals surface area contributed by atoms with Crippen LogP contribution in [-0.4, -0.2) is 47.4 Å². The first-order valence-electron chi connectivity index (χ1n) is 6.62. The molecule has 21 heavy (non-hydrogen) atoms. The van der Waals surface area contributed by atoms with Crippen LogP contribution in [0.3, 0.4) is 0 Å². The van der Waals surface area contributed by atoms with Gasteiger partial charge in [0, 0.05) is 7.05 Å². The number of likely N-dealkylation sites (N-methyl/N-ethyl adjacent to an activating group) is 1. The third-order valence-corrected chi connectivity index (χ3v) is 2.80. The van der Waals surface area contributed by atoms with E-state index in [4.69, 9.17) is 9.52 Å². The SMILES string of the molecule is CC(C)CC(NC(=O)CN(C)C(=O)c1ccco1)C(=O)O. The number of rotatable bonds is 7. The molecule has 1 aromatic rings. The molecule has 0 aliphatic rings.